The Bertz CT molecular complexity index is 655. The molecule has 0 aliphatic rings. The fourth-order valence-electron chi connectivity index (χ4n) is 2.22. The Labute approximate surface area is 147 Å². The molecule has 0 atom stereocenters. The van der Waals surface area contributed by atoms with Gasteiger partial charge in [0.15, 0.2) is 11.0 Å². The Morgan fingerprint density at radius 2 is 2.00 bits per heavy atom. The molecule has 1 aromatic carbocycles. The van der Waals surface area contributed by atoms with Gasteiger partial charge in [-0.2, -0.15) is 0 Å². The van der Waals surface area contributed by atoms with Crippen LogP contribution in [0.25, 0.3) is 11.4 Å². The number of ether oxygens (including phenoxy) is 1. The highest BCUT2D eigenvalue weighted by atomic mass is 32.2. The van der Waals surface area contributed by atoms with Gasteiger partial charge in [0.25, 0.3) is 0 Å². The van der Waals surface area contributed by atoms with E-state index in [-0.39, 0.29) is 5.91 Å². The first kappa shape index (κ1) is 18.3. The third-order valence-electron chi connectivity index (χ3n) is 3.62. The standard InChI is InChI=1S/C17H24N4O2S/c1-4-5-6-11-18-15(22)12-24-17-20-19-16(21(17)2)13-7-9-14(23-3)10-8-13/h7-10H,4-6,11-12H2,1-3H3,(H,18,22). The molecule has 130 valence electrons. The Balaban J connectivity index is 1.91. The summed E-state index contributed by atoms with van der Waals surface area (Å²) in [5.74, 6) is 1.95. The van der Waals surface area contributed by atoms with E-state index in [4.69, 9.17) is 4.74 Å². The molecule has 24 heavy (non-hydrogen) atoms. The van der Waals surface area contributed by atoms with E-state index in [9.17, 15) is 4.79 Å². The van der Waals surface area contributed by atoms with Gasteiger partial charge in [-0.15, -0.1) is 10.2 Å². The van der Waals surface area contributed by atoms with Crippen molar-refractivity contribution in [3.63, 3.8) is 0 Å². The second-order valence-corrected chi connectivity index (χ2v) is 6.38. The Kier molecular flexibility index (Phi) is 7.11. The number of aromatic nitrogens is 3. The lowest BCUT2D eigenvalue weighted by Gasteiger charge is -2.06. The van der Waals surface area contributed by atoms with Gasteiger partial charge in [0.05, 0.1) is 12.9 Å². The largest absolute Gasteiger partial charge is 0.497 e. The zero-order valence-corrected chi connectivity index (χ0v) is 15.2. The molecule has 0 spiro atoms. The van der Waals surface area contributed by atoms with Crippen LogP contribution in [-0.4, -0.2) is 40.1 Å². The maximum atomic E-state index is 11.8. The Morgan fingerprint density at radius 3 is 2.67 bits per heavy atom. The molecule has 1 amide bonds. The number of unbranched alkanes of at least 4 members (excludes halogenated alkanes) is 2. The van der Waals surface area contributed by atoms with Gasteiger partial charge in [-0.1, -0.05) is 31.5 Å². The zero-order chi connectivity index (χ0) is 17.4. The molecule has 0 aliphatic heterocycles. The van der Waals surface area contributed by atoms with Crippen molar-refractivity contribution in [2.24, 2.45) is 7.05 Å². The number of hydrogen-bond acceptors (Lipinski definition) is 5. The van der Waals surface area contributed by atoms with E-state index in [1.165, 1.54) is 11.8 Å². The van der Waals surface area contributed by atoms with Crippen LogP contribution >= 0.6 is 11.8 Å². The van der Waals surface area contributed by atoms with Crippen molar-refractivity contribution in [3.8, 4) is 17.1 Å². The minimum Gasteiger partial charge on any atom is -0.497 e. The van der Waals surface area contributed by atoms with Gasteiger partial charge in [0, 0.05) is 19.2 Å². The summed E-state index contributed by atoms with van der Waals surface area (Å²) in [5.41, 5.74) is 0.960. The maximum absolute atomic E-state index is 11.8. The fraction of sp³-hybridized carbons (Fsp3) is 0.471. The summed E-state index contributed by atoms with van der Waals surface area (Å²) in [6.45, 7) is 2.88. The van der Waals surface area contributed by atoms with Crippen LogP contribution in [0.1, 0.15) is 26.2 Å². The minimum atomic E-state index is 0.0325. The molecular formula is C17H24N4O2S. The first-order valence-corrected chi connectivity index (χ1v) is 9.07. The van der Waals surface area contributed by atoms with E-state index < -0.39 is 0 Å². The minimum absolute atomic E-state index is 0.0325. The number of rotatable bonds is 9. The van der Waals surface area contributed by atoms with Gasteiger partial charge in [0.1, 0.15) is 5.75 Å². The number of carbonyl (C=O) groups excluding carboxylic acids is 1. The van der Waals surface area contributed by atoms with Crippen LogP contribution in [0.5, 0.6) is 5.75 Å². The van der Waals surface area contributed by atoms with Gasteiger partial charge in [-0.05, 0) is 30.7 Å². The molecule has 0 bridgehead atoms. The van der Waals surface area contributed by atoms with Crippen molar-refractivity contribution in [2.45, 2.75) is 31.3 Å². The van der Waals surface area contributed by atoms with Gasteiger partial charge in [0.2, 0.25) is 5.91 Å². The molecule has 1 N–H and O–H groups in total. The van der Waals surface area contributed by atoms with Crippen molar-refractivity contribution in [1.82, 2.24) is 20.1 Å². The van der Waals surface area contributed by atoms with E-state index in [0.29, 0.717) is 5.75 Å². The average Bonchev–Trinajstić information content (AvgIpc) is 2.97. The van der Waals surface area contributed by atoms with Crippen LogP contribution < -0.4 is 10.1 Å². The molecule has 0 unspecified atom stereocenters. The molecule has 0 saturated carbocycles. The summed E-state index contributed by atoms with van der Waals surface area (Å²) in [4.78, 5) is 11.8. The Hall–Kier alpha value is -2.02. The molecule has 1 aromatic heterocycles. The van der Waals surface area contributed by atoms with Gasteiger partial charge in [-0.3, -0.25) is 4.79 Å². The van der Waals surface area contributed by atoms with Crippen LogP contribution in [0.4, 0.5) is 0 Å². The van der Waals surface area contributed by atoms with Crippen LogP contribution in [0.15, 0.2) is 29.4 Å². The van der Waals surface area contributed by atoms with Crippen molar-refractivity contribution >= 4 is 17.7 Å². The summed E-state index contributed by atoms with van der Waals surface area (Å²) < 4.78 is 7.06. The second kappa shape index (κ2) is 9.32. The topological polar surface area (TPSA) is 69.0 Å². The highest BCUT2D eigenvalue weighted by Gasteiger charge is 2.12. The summed E-state index contributed by atoms with van der Waals surface area (Å²) in [7, 11) is 3.54. The molecule has 6 nitrogen and oxygen atoms in total. The number of hydrogen-bond donors (Lipinski definition) is 1. The highest BCUT2D eigenvalue weighted by molar-refractivity contribution is 7.99. The molecule has 2 aromatic rings. The van der Waals surface area contributed by atoms with E-state index in [2.05, 4.69) is 22.4 Å². The van der Waals surface area contributed by atoms with Crippen LogP contribution in [0.3, 0.4) is 0 Å². The maximum Gasteiger partial charge on any atom is 0.230 e. The predicted molar refractivity (Wildman–Crippen MR) is 96.2 cm³/mol. The van der Waals surface area contributed by atoms with E-state index in [1.807, 2.05) is 35.9 Å². The molecule has 7 heteroatoms. The highest BCUT2D eigenvalue weighted by Crippen LogP contribution is 2.24. The monoisotopic (exact) mass is 348 g/mol. The smallest absolute Gasteiger partial charge is 0.230 e. The lowest BCUT2D eigenvalue weighted by Crippen LogP contribution is -2.26. The number of amides is 1. The molecule has 0 aliphatic carbocycles. The van der Waals surface area contributed by atoms with Gasteiger partial charge < -0.3 is 14.6 Å². The normalized spacial score (nSPS) is 10.6. The van der Waals surface area contributed by atoms with Crippen LogP contribution in [0.2, 0.25) is 0 Å². The van der Waals surface area contributed by atoms with Gasteiger partial charge in [-0.25, -0.2) is 0 Å². The first-order chi connectivity index (χ1) is 11.7. The molecule has 0 fully saturated rings. The lowest BCUT2D eigenvalue weighted by atomic mass is 10.2. The van der Waals surface area contributed by atoms with Crippen molar-refractivity contribution < 1.29 is 9.53 Å². The molecular weight excluding hydrogens is 324 g/mol. The average molecular weight is 348 g/mol. The summed E-state index contributed by atoms with van der Waals surface area (Å²) in [6, 6.07) is 7.66. The third-order valence-corrected chi connectivity index (χ3v) is 4.64. The van der Waals surface area contributed by atoms with E-state index >= 15 is 0 Å². The number of thioether (sulfide) groups is 1. The third kappa shape index (κ3) is 4.99. The number of nitrogens with zero attached hydrogens (tertiary/aromatic N) is 3. The molecule has 1 heterocycles. The summed E-state index contributed by atoms with van der Waals surface area (Å²) in [6.07, 6.45) is 3.32. The van der Waals surface area contributed by atoms with E-state index in [1.54, 1.807) is 7.11 Å². The van der Waals surface area contributed by atoms with Crippen molar-refractivity contribution in [1.29, 1.82) is 0 Å². The zero-order valence-electron chi connectivity index (χ0n) is 14.4. The second-order valence-electron chi connectivity index (χ2n) is 5.44. The quantitative estimate of drug-likeness (QED) is 0.557. The lowest BCUT2D eigenvalue weighted by molar-refractivity contribution is -0.118. The number of nitrogens with one attached hydrogen (secondary N) is 1. The SMILES string of the molecule is CCCCCNC(=O)CSc1nnc(-c2ccc(OC)cc2)n1C. The van der Waals surface area contributed by atoms with E-state index in [0.717, 1.165) is 48.1 Å². The molecule has 2 rings (SSSR count). The summed E-state index contributed by atoms with van der Waals surface area (Å²) in [5, 5.41) is 12.1. The molecule has 0 radical (unpaired) electrons. The number of benzene rings is 1. The van der Waals surface area contributed by atoms with Gasteiger partial charge >= 0.3 is 0 Å². The fourth-order valence-corrected chi connectivity index (χ4v) is 2.96. The summed E-state index contributed by atoms with van der Waals surface area (Å²) >= 11 is 1.39. The number of carbonyl (C=O) groups is 1. The predicted octanol–water partition coefficient (Wildman–Crippen LogP) is 2.89. The number of methoxy groups -OCH3 is 1. The van der Waals surface area contributed by atoms with Crippen molar-refractivity contribution in [3.05, 3.63) is 24.3 Å². The van der Waals surface area contributed by atoms with Crippen LogP contribution in [0, 0.1) is 0 Å². The van der Waals surface area contributed by atoms with Crippen LogP contribution in [-0.2, 0) is 11.8 Å². The van der Waals surface area contributed by atoms with Crippen molar-refractivity contribution in [2.75, 3.05) is 19.4 Å². The Morgan fingerprint density at radius 1 is 1.25 bits per heavy atom. The first-order valence-electron chi connectivity index (χ1n) is 8.09. The molecule has 0 saturated heterocycles.